The maximum absolute atomic E-state index is 12.4. The van der Waals surface area contributed by atoms with Crippen LogP contribution in [0.3, 0.4) is 0 Å². The van der Waals surface area contributed by atoms with Crippen LogP contribution in [0, 0.1) is 0 Å². The molecule has 2 heterocycles. The maximum Gasteiger partial charge on any atom is 0.234 e. The van der Waals surface area contributed by atoms with Crippen molar-refractivity contribution in [2.45, 2.75) is 26.1 Å². The van der Waals surface area contributed by atoms with E-state index in [4.69, 9.17) is 9.47 Å². The predicted molar refractivity (Wildman–Crippen MR) is 119 cm³/mol. The Bertz CT molecular complexity index is 987. The molecule has 0 bridgehead atoms. The number of hydrogen-bond acceptors (Lipinski definition) is 5. The average molecular weight is 423 g/mol. The lowest BCUT2D eigenvalue weighted by Gasteiger charge is -2.26. The van der Waals surface area contributed by atoms with Gasteiger partial charge >= 0.3 is 0 Å². The van der Waals surface area contributed by atoms with E-state index in [2.05, 4.69) is 21.7 Å². The Morgan fingerprint density at radius 3 is 2.80 bits per heavy atom. The van der Waals surface area contributed by atoms with Gasteiger partial charge in [-0.25, -0.2) is 0 Å². The van der Waals surface area contributed by atoms with Crippen molar-refractivity contribution in [2.24, 2.45) is 0 Å². The number of fused-ring (bicyclic) bond motifs is 1. The Hall–Kier alpha value is -2.83. The van der Waals surface area contributed by atoms with Gasteiger partial charge in [0.1, 0.15) is 6.61 Å². The molecular formula is C24H26N2O3S. The van der Waals surface area contributed by atoms with Crippen LogP contribution in [-0.4, -0.2) is 31.0 Å². The summed E-state index contributed by atoms with van der Waals surface area (Å²) < 4.78 is 11.4. The van der Waals surface area contributed by atoms with Gasteiger partial charge in [-0.15, -0.1) is 11.3 Å². The number of nitrogens with zero attached hydrogens (tertiary/aromatic N) is 1. The zero-order valence-electron chi connectivity index (χ0n) is 17.1. The zero-order valence-corrected chi connectivity index (χ0v) is 17.9. The summed E-state index contributed by atoms with van der Waals surface area (Å²) >= 11 is 1.81. The minimum atomic E-state index is 0.0389. The number of methoxy groups -OCH3 is 1. The van der Waals surface area contributed by atoms with E-state index >= 15 is 0 Å². The standard InChI is InChI=1S/C24H26N2O3S/c1-28-22-13-19(7-8-21(22)29-17-18-5-3-2-4-6-18)14-25-24(27)16-26-11-9-23-20(15-26)10-12-30-23/h2-8,10,12-13H,9,11,14-17H2,1H3,(H,25,27). The van der Waals surface area contributed by atoms with Gasteiger partial charge in [-0.05, 0) is 46.7 Å². The molecular weight excluding hydrogens is 396 g/mol. The monoisotopic (exact) mass is 422 g/mol. The van der Waals surface area contributed by atoms with E-state index in [0.717, 1.165) is 30.6 Å². The molecule has 5 nitrogen and oxygen atoms in total. The highest BCUT2D eigenvalue weighted by molar-refractivity contribution is 7.10. The molecule has 0 saturated carbocycles. The first-order chi connectivity index (χ1) is 14.7. The van der Waals surface area contributed by atoms with Crippen molar-refractivity contribution >= 4 is 17.2 Å². The van der Waals surface area contributed by atoms with Crippen molar-refractivity contribution in [2.75, 3.05) is 20.2 Å². The molecule has 0 unspecified atom stereocenters. The molecule has 0 atom stereocenters. The second-order valence-corrected chi connectivity index (χ2v) is 8.37. The summed E-state index contributed by atoms with van der Waals surface area (Å²) in [4.78, 5) is 16.1. The quantitative estimate of drug-likeness (QED) is 0.596. The summed E-state index contributed by atoms with van der Waals surface area (Å²) in [7, 11) is 1.63. The van der Waals surface area contributed by atoms with Gasteiger partial charge in [-0.1, -0.05) is 36.4 Å². The summed E-state index contributed by atoms with van der Waals surface area (Å²) in [6.07, 6.45) is 1.03. The molecule has 4 rings (SSSR count). The predicted octanol–water partition coefficient (Wildman–Crippen LogP) is 4.01. The van der Waals surface area contributed by atoms with Gasteiger partial charge in [-0.3, -0.25) is 9.69 Å². The summed E-state index contributed by atoms with van der Waals surface area (Å²) in [5, 5.41) is 5.15. The first-order valence-electron chi connectivity index (χ1n) is 10.1. The number of ether oxygens (including phenoxy) is 2. The largest absolute Gasteiger partial charge is 0.493 e. The number of benzene rings is 2. The van der Waals surface area contributed by atoms with Crippen LogP contribution in [0.1, 0.15) is 21.6 Å². The zero-order chi connectivity index (χ0) is 20.8. The van der Waals surface area contributed by atoms with Crippen LogP contribution >= 0.6 is 11.3 Å². The Morgan fingerprint density at radius 2 is 1.97 bits per heavy atom. The van der Waals surface area contributed by atoms with E-state index in [0.29, 0.717) is 31.2 Å². The highest BCUT2D eigenvalue weighted by Gasteiger charge is 2.19. The third-order valence-electron chi connectivity index (χ3n) is 5.21. The van der Waals surface area contributed by atoms with Crippen LogP contribution < -0.4 is 14.8 Å². The number of hydrogen-bond donors (Lipinski definition) is 1. The third-order valence-corrected chi connectivity index (χ3v) is 6.23. The van der Waals surface area contributed by atoms with Gasteiger partial charge in [-0.2, -0.15) is 0 Å². The van der Waals surface area contributed by atoms with E-state index < -0.39 is 0 Å². The first kappa shape index (κ1) is 20.4. The second kappa shape index (κ2) is 9.78. The van der Waals surface area contributed by atoms with Crippen molar-refractivity contribution in [3.63, 3.8) is 0 Å². The van der Waals surface area contributed by atoms with Crippen LogP contribution in [0.4, 0.5) is 0 Å². The molecule has 3 aromatic rings. The average Bonchev–Trinajstić information content (AvgIpc) is 3.25. The molecule has 1 amide bonds. The van der Waals surface area contributed by atoms with E-state index in [1.165, 1.54) is 10.4 Å². The summed E-state index contributed by atoms with van der Waals surface area (Å²) in [6, 6.07) is 18.0. The van der Waals surface area contributed by atoms with Crippen molar-refractivity contribution in [1.29, 1.82) is 0 Å². The van der Waals surface area contributed by atoms with Crippen LogP contribution in [0.2, 0.25) is 0 Å². The van der Waals surface area contributed by atoms with E-state index in [1.54, 1.807) is 7.11 Å². The van der Waals surface area contributed by atoms with Crippen molar-refractivity contribution < 1.29 is 14.3 Å². The van der Waals surface area contributed by atoms with Gasteiger partial charge in [0.15, 0.2) is 11.5 Å². The lowest BCUT2D eigenvalue weighted by molar-refractivity contribution is -0.122. The van der Waals surface area contributed by atoms with E-state index in [-0.39, 0.29) is 5.91 Å². The Kier molecular flexibility index (Phi) is 6.67. The van der Waals surface area contributed by atoms with E-state index in [1.807, 2.05) is 59.9 Å². The van der Waals surface area contributed by atoms with Gasteiger partial charge in [0.25, 0.3) is 0 Å². The second-order valence-electron chi connectivity index (χ2n) is 7.37. The Balaban J connectivity index is 1.28. The van der Waals surface area contributed by atoms with Gasteiger partial charge < -0.3 is 14.8 Å². The minimum Gasteiger partial charge on any atom is -0.493 e. The molecule has 0 saturated heterocycles. The van der Waals surface area contributed by atoms with E-state index in [9.17, 15) is 4.79 Å². The summed E-state index contributed by atoms with van der Waals surface area (Å²) in [5.41, 5.74) is 3.43. The Labute approximate surface area is 181 Å². The fourth-order valence-electron chi connectivity index (χ4n) is 3.58. The summed E-state index contributed by atoms with van der Waals surface area (Å²) in [6.45, 7) is 3.15. The minimum absolute atomic E-state index is 0.0389. The number of thiophene rings is 1. The van der Waals surface area contributed by atoms with Crippen LogP contribution in [0.5, 0.6) is 11.5 Å². The highest BCUT2D eigenvalue weighted by Crippen LogP contribution is 2.29. The molecule has 2 aromatic carbocycles. The molecule has 30 heavy (non-hydrogen) atoms. The summed E-state index contributed by atoms with van der Waals surface area (Å²) in [5.74, 6) is 1.40. The first-order valence-corrected chi connectivity index (χ1v) is 11.0. The molecule has 0 aliphatic carbocycles. The molecule has 0 spiro atoms. The normalized spacial score (nSPS) is 13.5. The molecule has 1 aliphatic rings. The third kappa shape index (κ3) is 5.20. The van der Waals surface area contributed by atoms with Crippen molar-refractivity contribution in [3.05, 3.63) is 81.5 Å². The lowest BCUT2D eigenvalue weighted by Crippen LogP contribution is -2.39. The smallest absolute Gasteiger partial charge is 0.234 e. The fourth-order valence-corrected chi connectivity index (χ4v) is 4.47. The van der Waals surface area contributed by atoms with Crippen LogP contribution in [0.25, 0.3) is 0 Å². The lowest BCUT2D eigenvalue weighted by atomic mass is 10.1. The number of carbonyl (C=O) groups excluding carboxylic acids is 1. The van der Waals surface area contributed by atoms with Gasteiger partial charge in [0, 0.05) is 24.5 Å². The Morgan fingerprint density at radius 1 is 1.10 bits per heavy atom. The van der Waals surface area contributed by atoms with Gasteiger partial charge in [0.05, 0.1) is 13.7 Å². The SMILES string of the molecule is COc1cc(CNC(=O)CN2CCc3sccc3C2)ccc1OCc1ccccc1. The fraction of sp³-hybridized carbons (Fsp3) is 0.292. The number of nitrogens with one attached hydrogen (secondary N) is 1. The van der Waals surface area contributed by atoms with Crippen LogP contribution in [0.15, 0.2) is 60.0 Å². The molecule has 0 radical (unpaired) electrons. The number of rotatable bonds is 8. The van der Waals surface area contributed by atoms with Gasteiger partial charge in [0.2, 0.25) is 5.91 Å². The molecule has 0 fully saturated rings. The highest BCUT2D eigenvalue weighted by atomic mass is 32.1. The molecule has 6 heteroatoms. The topological polar surface area (TPSA) is 50.8 Å². The maximum atomic E-state index is 12.4. The number of carbonyl (C=O) groups is 1. The van der Waals surface area contributed by atoms with Crippen molar-refractivity contribution in [3.8, 4) is 11.5 Å². The molecule has 1 aliphatic heterocycles. The number of amides is 1. The van der Waals surface area contributed by atoms with Crippen molar-refractivity contribution in [1.82, 2.24) is 10.2 Å². The molecule has 1 N–H and O–H groups in total. The molecule has 1 aromatic heterocycles. The molecule has 156 valence electrons. The van der Waals surface area contributed by atoms with Crippen LogP contribution in [-0.2, 0) is 30.9 Å².